The van der Waals surface area contributed by atoms with Crippen LogP contribution in [0.1, 0.15) is 71.6 Å². The van der Waals surface area contributed by atoms with E-state index in [0.29, 0.717) is 23.7 Å². The highest BCUT2D eigenvalue weighted by Gasteiger charge is 2.63. The van der Waals surface area contributed by atoms with Gasteiger partial charge in [0, 0.05) is 11.8 Å². The van der Waals surface area contributed by atoms with Crippen molar-refractivity contribution in [3.8, 4) is 0 Å². The maximum atomic E-state index is 11.8. The fourth-order valence-corrected chi connectivity index (χ4v) is 6.49. The van der Waals surface area contributed by atoms with Crippen LogP contribution in [0.3, 0.4) is 0 Å². The number of aliphatic hydroxyl groups is 1. The SMILES string of the molecule is C[C@@]12CCC[C@H]1[C@@H]1CCC3=CC(=O)CC[C@]3(C)[C@@]1(O)CC2. The van der Waals surface area contributed by atoms with E-state index in [1.165, 1.54) is 31.3 Å². The van der Waals surface area contributed by atoms with Crippen LogP contribution in [0.4, 0.5) is 0 Å². The summed E-state index contributed by atoms with van der Waals surface area (Å²) in [5, 5.41) is 11.7. The van der Waals surface area contributed by atoms with Gasteiger partial charge in [-0.15, -0.1) is 0 Å². The first-order valence-electron chi connectivity index (χ1n) is 8.85. The molecule has 0 spiro atoms. The van der Waals surface area contributed by atoms with Gasteiger partial charge in [0.15, 0.2) is 5.78 Å². The maximum Gasteiger partial charge on any atom is 0.155 e. The molecule has 0 bridgehead atoms. The van der Waals surface area contributed by atoms with Gasteiger partial charge in [-0.1, -0.05) is 25.8 Å². The van der Waals surface area contributed by atoms with Gasteiger partial charge in [0.05, 0.1) is 5.60 Å². The van der Waals surface area contributed by atoms with E-state index in [9.17, 15) is 9.90 Å². The van der Waals surface area contributed by atoms with Crippen molar-refractivity contribution in [2.24, 2.45) is 22.7 Å². The third-order valence-corrected chi connectivity index (χ3v) is 7.93. The Morgan fingerprint density at radius 1 is 1.05 bits per heavy atom. The first-order chi connectivity index (χ1) is 9.89. The van der Waals surface area contributed by atoms with Crippen LogP contribution in [0.25, 0.3) is 0 Å². The predicted octanol–water partition coefficient (Wildman–Crippen LogP) is 4.02. The minimum absolute atomic E-state index is 0.145. The van der Waals surface area contributed by atoms with Crippen molar-refractivity contribution in [2.45, 2.75) is 77.2 Å². The summed E-state index contributed by atoms with van der Waals surface area (Å²) in [6.45, 7) is 4.71. The molecular weight excluding hydrogens is 260 g/mol. The molecule has 3 fully saturated rings. The average molecular weight is 288 g/mol. The number of carbonyl (C=O) groups excluding carboxylic acids is 1. The van der Waals surface area contributed by atoms with Crippen LogP contribution in [0, 0.1) is 22.7 Å². The molecule has 1 N–H and O–H groups in total. The molecule has 4 aliphatic rings. The molecule has 2 nitrogen and oxygen atoms in total. The van der Waals surface area contributed by atoms with Crippen LogP contribution in [0.15, 0.2) is 11.6 Å². The first kappa shape index (κ1) is 14.0. The van der Waals surface area contributed by atoms with Crippen molar-refractivity contribution in [3.63, 3.8) is 0 Å². The Kier molecular flexibility index (Phi) is 2.81. The second-order valence-corrected chi connectivity index (χ2v) is 8.69. The Hall–Kier alpha value is -0.630. The Morgan fingerprint density at radius 2 is 1.86 bits per heavy atom. The highest BCUT2D eigenvalue weighted by atomic mass is 16.3. The van der Waals surface area contributed by atoms with Crippen molar-refractivity contribution in [1.82, 2.24) is 0 Å². The number of hydrogen-bond acceptors (Lipinski definition) is 2. The van der Waals surface area contributed by atoms with Gasteiger partial charge in [-0.25, -0.2) is 0 Å². The van der Waals surface area contributed by atoms with Gasteiger partial charge in [-0.05, 0) is 68.3 Å². The van der Waals surface area contributed by atoms with Crippen molar-refractivity contribution in [2.75, 3.05) is 0 Å². The van der Waals surface area contributed by atoms with Crippen molar-refractivity contribution in [1.29, 1.82) is 0 Å². The van der Waals surface area contributed by atoms with E-state index in [2.05, 4.69) is 13.8 Å². The molecule has 0 aromatic heterocycles. The van der Waals surface area contributed by atoms with Gasteiger partial charge in [-0.3, -0.25) is 4.79 Å². The normalized spacial score (nSPS) is 52.7. The molecule has 4 aliphatic carbocycles. The van der Waals surface area contributed by atoms with E-state index in [1.54, 1.807) is 0 Å². The summed E-state index contributed by atoms with van der Waals surface area (Å²) >= 11 is 0. The van der Waals surface area contributed by atoms with Crippen LogP contribution >= 0.6 is 0 Å². The first-order valence-corrected chi connectivity index (χ1v) is 8.85. The third kappa shape index (κ3) is 1.66. The van der Waals surface area contributed by atoms with Crippen molar-refractivity contribution >= 4 is 5.78 Å². The highest BCUT2D eigenvalue weighted by Crippen LogP contribution is 2.66. The summed E-state index contributed by atoms with van der Waals surface area (Å²) in [5.41, 5.74) is 1.01. The van der Waals surface area contributed by atoms with E-state index >= 15 is 0 Å². The molecule has 0 aromatic carbocycles. The molecular formula is C19H28O2. The second kappa shape index (κ2) is 4.22. The molecule has 0 aliphatic heterocycles. The zero-order valence-corrected chi connectivity index (χ0v) is 13.5. The predicted molar refractivity (Wildman–Crippen MR) is 82.8 cm³/mol. The Morgan fingerprint density at radius 3 is 2.67 bits per heavy atom. The lowest BCUT2D eigenvalue weighted by molar-refractivity contribution is -0.187. The standard InChI is InChI=1S/C19H28O2/c1-17-8-3-4-15(17)16-6-5-13-12-14(20)7-9-18(13,2)19(16,21)11-10-17/h12,15-16,21H,3-11H2,1-2H3/t15-,16-,17-,18-,19+/m0/s1. The summed E-state index contributed by atoms with van der Waals surface area (Å²) < 4.78 is 0. The number of carbonyl (C=O) groups is 1. The molecule has 21 heavy (non-hydrogen) atoms. The van der Waals surface area contributed by atoms with Gasteiger partial charge in [0.2, 0.25) is 0 Å². The summed E-state index contributed by atoms with van der Waals surface area (Å²) in [4.78, 5) is 11.8. The number of hydrogen-bond donors (Lipinski definition) is 1. The fourth-order valence-electron chi connectivity index (χ4n) is 6.49. The minimum Gasteiger partial charge on any atom is -0.389 e. The number of fused-ring (bicyclic) bond motifs is 5. The van der Waals surface area contributed by atoms with E-state index in [-0.39, 0.29) is 11.2 Å². The third-order valence-electron chi connectivity index (χ3n) is 7.93. The quantitative estimate of drug-likeness (QED) is 0.731. The van der Waals surface area contributed by atoms with Crippen LogP contribution in [-0.2, 0) is 4.79 Å². The second-order valence-electron chi connectivity index (χ2n) is 8.69. The average Bonchev–Trinajstić information content (AvgIpc) is 2.83. The van der Waals surface area contributed by atoms with E-state index in [0.717, 1.165) is 25.7 Å². The van der Waals surface area contributed by atoms with Crippen LogP contribution < -0.4 is 0 Å². The largest absolute Gasteiger partial charge is 0.389 e. The molecule has 0 amide bonds. The maximum absolute atomic E-state index is 11.8. The summed E-state index contributed by atoms with van der Waals surface area (Å²) in [5.74, 6) is 1.42. The van der Waals surface area contributed by atoms with Gasteiger partial charge in [0.1, 0.15) is 0 Å². The zero-order chi connectivity index (χ0) is 14.9. The Labute approximate surface area is 128 Å². The molecule has 0 saturated heterocycles. The molecule has 5 atom stereocenters. The fraction of sp³-hybridized carbons (Fsp3) is 0.842. The number of rotatable bonds is 0. The Bertz CT molecular complexity index is 522. The van der Waals surface area contributed by atoms with Gasteiger partial charge < -0.3 is 5.11 Å². The van der Waals surface area contributed by atoms with Crippen molar-refractivity contribution in [3.05, 3.63) is 11.6 Å². The molecule has 0 heterocycles. The van der Waals surface area contributed by atoms with E-state index in [4.69, 9.17) is 0 Å². The lowest BCUT2D eigenvalue weighted by atomic mass is 9.45. The van der Waals surface area contributed by atoms with Crippen LogP contribution in [-0.4, -0.2) is 16.5 Å². The molecule has 4 rings (SSSR count). The molecule has 0 radical (unpaired) electrons. The van der Waals surface area contributed by atoms with Crippen LogP contribution in [0.2, 0.25) is 0 Å². The topological polar surface area (TPSA) is 37.3 Å². The van der Waals surface area contributed by atoms with Gasteiger partial charge >= 0.3 is 0 Å². The smallest absolute Gasteiger partial charge is 0.155 e. The lowest BCUT2D eigenvalue weighted by Crippen LogP contribution is -2.62. The molecule has 0 unspecified atom stereocenters. The Balaban J connectivity index is 1.77. The van der Waals surface area contributed by atoms with Crippen LogP contribution in [0.5, 0.6) is 0 Å². The number of ketones is 1. The summed E-state index contributed by atoms with van der Waals surface area (Å²) in [6, 6.07) is 0. The summed E-state index contributed by atoms with van der Waals surface area (Å²) in [7, 11) is 0. The van der Waals surface area contributed by atoms with Crippen molar-refractivity contribution < 1.29 is 9.90 Å². The zero-order valence-electron chi connectivity index (χ0n) is 13.5. The van der Waals surface area contributed by atoms with Gasteiger partial charge in [-0.2, -0.15) is 0 Å². The van der Waals surface area contributed by atoms with E-state index < -0.39 is 5.60 Å². The lowest BCUT2D eigenvalue weighted by Gasteiger charge is -2.62. The minimum atomic E-state index is -0.563. The summed E-state index contributed by atoms with van der Waals surface area (Å²) in [6.07, 6.45) is 11.6. The molecule has 2 heteroatoms. The molecule has 0 aromatic rings. The highest BCUT2D eigenvalue weighted by molar-refractivity contribution is 5.91. The molecule has 3 saturated carbocycles. The monoisotopic (exact) mass is 288 g/mol. The van der Waals surface area contributed by atoms with Gasteiger partial charge in [0.25, 0.3) is 0 Å². The van der Waals surface area contributed by atoms with E-state index in [1.807, 2.05) is 6.08 Å². The molecule has 116 valence electrons.